The molecule has 1 aromatic rings. The van der Waals surface area contributed by atoms with Gasteiger partial charge in [-0.3, -0.25) is 0 Å². The van der Waals surface area contributed by atoms with Crippen molar-refractivity contribution in [3.05, 3.63) is 18.2 Å². The van der Waals surface area contributed by atoms with Gasteiger partial charge in [0, 0.05) is 24.7 Å². The van der Waals surface area contributed by atoms with Crippen LogP contribution in [-0.2, 0) is 0 Å². The first-order valence-electron chi connectivity index (χ1n) is 5.41. The number of nitrogens with one attached hydrogen (secondary N) is 2. The van der Waals surface area contributed by atoms with E-state index in [1.807, 2.05) is 0 Å². The summed E-state index contributed by atoms with van der Waals surface area (Å²) in [4.78, 5) is 11.5. The van der Waals surface area contributed by atoms with Crippen molar-refractivity contribution in [2.24, 2.45) is 0 Å². The lowest BCUT2D eigenvalue weighted by molar-refractivity contribution is 0.252. The van der Waals surface area contributed by atoms with Gasteiger partial charge in [-0.25, -0.2) is 4.79 Å². The van der Waals surface area contributed by atoms with Crippen molar-refractivity contribution in [2.45, 2.75) is 6.42 Å². The lowest BCUT2D eigenvalue weighted by Gasteiger charge is -2.10. The zero-order valence-electron chi connectivity index (χ0n) is 10.4. The molecule has 0 atom stereocenters. The maximum absolute atomic E-state index is 11.5. The van der Waals surface area contributed by atoms with E-state index in [1.54, 1.807) is 25.3 Å². The van der Waals surface area contributed by atoms with Crippen molar-refractivity contribution >= 4 is 11.7 Å². The van der Waals surface area contributed by atoms with Gasteiger partial charge in [-0.05, 0) is 12.1 Å². The third kappa shape index (κ3) is 3.91. The van der Waals surface area contributed by atoms with Crippen LogP contribution in [0.15, 0.2) is 18.2 Å². The van der Waals surface area contributed by atoms with Crippen LogP contribution >= 0.6 is 0 Å². The van der Waals surface area contributed by atoms with Gasteiger partial charge in [0.2, 0.25) is 0 Å². The highest BCUT2D eigenvalue weighted by molar-refractivity contribution is 5.89. The molecule has 0 aromatic heterocycles. The molecular weight excluding hydrogens is 232 g/mol. The van der Waals surface area contributed by atoms with E-state index in [1.165, 1.54) is 7.11 Å². The zero-order chi connectivity index (χ0) is 13.4. The number of carbonyl (C=O) groups excluding carboxylic acids is 1. The van der Waals surface area contributed by atoms with E-state index >= 15 is 0 Å². The van der Waals surface area contributed by atoms with Crippen LogP contribution in [0.4, 0.5) is 10.5 Å². The molecule has 0 spiro atoms. The fourth-order valence-electron chi connectivity index (χ4n) is 1.34. The first kappa shape index (κ1) is 13.7. The number of urea groups is 1. The van der Waals surface area contributed by atoms with Crippen LogP contribution in [0.3, 0.4) is 0 Å². The molecule has 18 heavy (non-hydrogen) atoms. The molecule has 0 radical (unpaired) electrons. The molecule has 96 valence electrons. The second-order valence-electron chi connectivity index (χ2n) is 3.40. The maximum atomic E-state index is 11.5. The largest absolute Gasteiger partial charge is 0.493 e. The van der Waals surface area contributed by atoms with Gasteiger partial charge < -0.3 is 20.1 Å². The van der Waals surface area contributed by atoms with Gasteiger partial charge in [-0.1, -0.05) is 0 Å². The molecule has 0 unspecified atom stereocenters. The van der Waals surface area contributed by atoms with Crippen LogP contribution < -0.4 is 20.1 Å². The van der Waals surface area contributed by atoms with Crippen molar-refractivity contribution in [1.82, 2.24) is 5.32 Å². The summed E-state index contributed by atoms with van der Waals surface area (Å²) < 4.78 is 10.2. The van der Waals surface area contributed by atoms with Crippen molar-refractivity contribution in [2.75, 3.05) is 26.1 Å². The monoisotopic (exact) mass is 248 g/mol. The average molecular weight is 248 g/mol. The third-order valence-corrected chi connectivity index (χ3v) is 2.20. The SMILES string of the molecule is C#CCCNC(=O)Nc1ccc(OC)c(OC)c1. The number of hydrogen-bond acceptors (Lipinski definition) is 3. The Morgan fingerprint density at radius 2 is 2.06 bits per heavy atom. The molecule has 0 bridgehead atoms. The van der Waals surface area contributed by atoms with Crippen LogP contribution in [0.25, 0.3) is 0 Å². The van der Waals surface area contributed by atoms with Crippen LogP contribution in [0.5, 0.6) is 11.5 Å². The number of hydrogen-bond donors (Lipinski definition) is 2. The Kier molecular flexibility index (Phi) is 5.39. The van der Waals surface area contributed by atoms with E-state index in [-0.39, 0.29) is 6.03 Å². The predicted molar refractivity (Wildman–Crippen MR) is 70.0 cm³/mol. The summed E-state index contributed by atoms with van der Waals surface area (Å²) in [5.41, 5.74) is 0.617. The van der Waals surface area contributed by atoms with Crippen LogP contribution in [-0.4, -0.2) is 26.8 Å². The number of anilines is 1. The quantitative estimate of drug-likeness (QED) is 0.617. The number of rotatable bonds is 5. The Morgan fingerprint density at radius 3 is 2.67 bits per heavy atom. The zero-order valence-corrected chi connectivity index (χ0v) is 10.4. The van der Waals surface area contributed by atoms with Gasteiger partial charge in [-0.15, -0.1) is 12.3 Å². The van der Waals surface area contributed by atoms with E-state index in [9.17, 15) is 4.79 Å². The van der Waals surface area contributed by atoms with Crippen molar-refractivity contribution < 1.29 is 14.3 Å². The van der Waals surface area contributed by atoms with E-state index in [0.717, 1.165) is 0 Å². The van der Waals surface area contributed by atoms with Gasteiger partial charge in [0.15, 0.2) is 11.5 Å². The molecule has 0 aliphatic heterocycles. The Morgan fingerprint density at radius 1 is 1.33 bits per heavy atom. The fourth-order valence-corrected chi connectivity index (χ4v) is 1.34. The topological polar surface area (TPSA) is 59.6 Å². The highest BCUT2D eigenvalue weighted by atomic mass is 16.5. The normalized spacial score (nSPS) is 9.17. The maximum Gasteiger partial charge on any atom is 0.319 e. The Bertz CT molecular complexity index is 452. The molecule has 1 aromatic carbocycles. The fraction of sp³-hybridized carbons (Fsp3) is 0.308. The summed E-state index contributed by atoms with van der Waals surface area (Å²) in [5, 5.41) is 5.31. The molecule has 1 rings (SSSR count). The molecule has 2 amide bonds. The number of carbonyl (C=O) groups is 1. The lowest BCUT2D eigenvalue weighted by atomic mass is 10.3. The number of methoxy groups -OCH3 is 2. The molecule has 0 fully saturated rings. The first-order chi connectivity index (χ1) is 8.71. The van der Waals surface area contributed by atoms with Gasteiger partial charge >= 0.3 is 6.03 Å². The standard InChI is InChI=1S/C13H16N2O3/c1-4-5-8-14-13(16)15-10-6-7-11(17-2)12(9-10)18-3/h1,6-7,9H,5,8H2,2-3H3,(H2,14,15,16). The highest BCUT2D eigenvalue weighted by Gasteiger charge is 2.06. The second-order valence-corrected chi connectivity index (χ2v) is 3.40. The van der Waals surface area contributed by atoms with Gasteiger partial charge in [0.1, 0.15) is 0 Å². The average Bonchev–Trinajstić information content (AvgIpc) is 2.39. The summed E-state index contributed by atoms with van der Waals surface area (Å²) in [6, 6.07) is 4.81. The summed E-state index contributed by atoms with van der Waals surface area (Å²) in [6.07, 6.45) is 5.58. The predicted octanol–water partition coefficient (Wildman–Crippen LogP) is 1.85. The summed E-state index contributed by atoms with van der Waals surface area (Å²) in [6.45, 7) is 0.440. The van der Waals surface area contributed by atoms with Crippen LogP contribution in [0.2, 0.25) is 0 Å². The Labute approximate surface area is 106 Å². The Balaban J connectivity index is 2.62. The van der Waals surface area contributed by atoms with Crippen LogP contribution in [0, 0.1) is 12.3 Å². The second kappa shape index (κ2) is 7.07. The molecule has 0 heterocycles. The molecule has 0 saturated heterocycles. The van der Waals surface area contributed by atoms with Gasteiger partial charge in [0.05, 0.1) is 14.2 Å². The van der Waals surface area contributed by atoms with Crippen molar-refractivity contribution in [3.63, 3.8) is 0 Å². The van der Waals surface area contributed by atoms with Crippen molar-refractivity contribution in [3.8, 4) is 23.8 Å². The Hall–Kier alpha value is -2.35. The smallest absolute Gasteiger partial charge is 0.319 e. The van der Waals surface area contributed by atoms with E-state index < -0.39 is 0 Å². The van der Waals surface area contributed by atoms with E-state index in [0.29, 0.717) is 30.2 Å². The molecule has 0 saturated carbocycles. The summed E-state index contributed by atoms with van der Waals surface area (Å²) in [7, 11) is 3.09. The van der Waals surface area contributed by atoms with E-state index in [2.05, 4.69) is 16.6 Å². The minimum absolute atomic E-state index is 0.308. The van der Waals surface area contributed by atoms with Gasteiger partial charge in [-0.2, -0.15) is 0 Å². The number of benzene rings is 1. The van der Waals surface area contributed by atoms with Gasteiger partial charge in [0.25, 0.3) is 0 Å². The molecule has 0 aliphatic rings. The summed E-state index contributed by atoms with van der Waals surface area (Å²) >= 11 is 0. The molecule has 0 aliphatic carbocycles. The number of ether oxygens (including phenoxy) is 2. The first-order valence-corrected chi connectivity index (χ1v) is 5.41. The van der Waals surface area contributed by atoms with Crippen LogP contribution in [0.1, 0.15) is 6.42 Å². The number of amides is 2. The van der Waals surface area contributed by atoms with E-state index in [4.69, 9.17) is 15.9 Å². The molecule has 2 N–H and O–H groups in total. The summed E-state index contributed by atoms with van der Waals surface area (Å²) in [5.74, 6) is 3.60. The molecule has 5 nitrogen and oxygen atoms in total. The highest BCUT2D eigenvalue weighted by Crippen LogP contribution is 2.29. The minimum atomic E-state index is -0.308. The minimum Gasteiger partial charge on any atom is -0.493 e. The lowest BCUT2D eigenvalue weighted by Crippen LogP contribution is -2.29. The number of terminal acetylenes is 1. The molecule has 5 heteroatoms. The molecular formula is C13H16N2O3. The van der Waals surface area contributed by atoms with Crippen molar-refractivity contribution in [1.29, 1.82) is 0 Å². The third-order valence-electron chi connectivity index (χ3n) is 2.20.